The summed E-state index contributed by atoms with van der Waals surface area (Å²) >= 11 is 3.69. The molecule has 2 heterocycles. The fraction of sp³-hybridized carbons (Fsp3) is 0.500. The Morgan fingerprint density at radius 3 is 2.65 bits per heavy atom. The van der Waals surface area contributed by atoms with Crippen LogP contribution in [-0.2, 0) is 11.8 Å². The van der Waals surface area contributed by atoms with E-state index in [4.69, 9.17) is 4.98 Å². The third-order valence-corrected chi connectivity index (χ3v) is 4.34. The second kappa shape index (κ2) is 4.45. The smallest absolute Gasteiger partial charge is 0.141 e. The lowest BCUT2D eigenvalue weighted by molar-refractivity contribution is 0.490. The lowest BCUT2D eigenvalue weighted by atomic mass is 9.87. The average Bonchev–Trinajstić information content (AvgIpc) is 2.68. The van der Waals surface area contributed by atoms with Gasteiger partial charge in [-0.15, -0.1) is 0 Å². The molecule has 0 spiro atoms. The molecule has 0 aliphatic carbocycles. The lowest BCUT2D eigenvalue weighted by Gasteiger charge is -2.20. The molecule has 0 radical (unpaired) electrons. The summed E-state index contributed by atoms with van der Waals surface area (Å²) in [5.74, 6) is 0. The number of hydrogen-bond donors (Lipinski definition) is 0. The Hall–Kier alpha value is -0.830. The summed E-state index contributed by atoms with van der Waals surface area (Å²) in [5.41, 5.74) is 3.64. The van der Waals surface area contributed by atoms with E-state index in [0.717, 1.165) is 28.8 Å². The SMILES string of the molecule is CCc1cccn2c(Br)c(C(C)(C)CC)nc12. The Labute approximate surface area is 111 Å². The molecular formula is C14H19BrN2. The second-order valence-corrected chi connectivity index (χ2v) is 5.82. The molecule has 2 aromatic rings. The molecular weight excluding hydrogens is 276 g/mol. The van der Waals surface area contributed by atoms with Crippen LogP contribution in [0.4, 0.5) is 0 Å². The molecule has 0 saturated heterocycles. The van der Waals surface area contributed by atoms with E-state index in [9.17, 15) is 0 Å². The Morgan fingerprint density at radius 2 is 2.06 bits per heavy atom. The molecule has 17 heavy (non-hydrogen) atoms. The van der Waals surface area contributed by atoms with Gasteiger partial charge in [-0.05, 0) is 40.4 Å². The second-order valence-electron chi connectivity index (χ2n) is 5.07. The predicted octanol–water partition coefficient (Wildman–Crippen LogP) is 4.35. The first-order valence-corrected chi connectivity index (χ1v) is 6.96. The molecule has 0 atom stereocenters. The summed E-state index contributed by atoms with van der Waals surface area (Å²) in [7, 11) is 0. The third-order valence-electron chi connectivity index (χ3n) is 3.58. The highest BCUT2D eigenvalue weighted by Gasteiger charge is 2.26. The van der Waals surface area contributed by atoms with Gasteiger partial charge in [0.1, 0.15) is 10.3 Å². The van der Waals surface area contributed by atoms with Crippen molar-refractivity contribution in [3.63, 3.8) is 0 Å². The Morgan fingerprint density at radius 1 is 1.35 bits per heavy atom. The van der Waals surface area contributed by atoms with E-state index in [1.165, 1.54) is 5.56 Å². The van der Waals surface area contributed by atoms with Crippen molar-refractivity contribution in [1.82, 2.24) is 9.38 Å². The summed E-state index contributed by atoms with van der Waals surface area (Å²) < 4.78 is 3.24. The first-order valence-electron chi connectivity index (χ1n) is 6.17. The highest BCUT2D eigenvalue weighted by molar-refractivity contribution is 9.10. The molecule has 0 unspecified atom stereocenters. The summed E-state index contributed by atoms with van der Waals surface area (Å²) in [6.07, 6.45) is 4.16. The number of halogens is 1. The van der Waals surface area contributed by atoms with E-state index in [0.29, 0.717) is 0 Å². The van der Waals surface area contributed by atoms with Crippen LogP contribution in [0.25, 0.3) is 5.65 Å². The topological polar surface area (TPSA) is 17.3 Å². The van der Waals surface area contributed by atoms with Gasteiger partial charge in [-0.1, -0.05) is 33.8 Å². The Bertz CT molecular complexity index is 540. The molecule has 0 N–H and O–H groups in total. The van der Waals surface area contributed by atoms with Gasteiger partial charge in [-0.25, -0.2) is 4.98 Å². The van der Waals surface area contributed by atoms with Gasteiger partial charge in [0.05, 0.1) is 5.69 Å². The van der Waals surface area contributed by atoms with Crippen molar-refractivity contribution in [2.75, 3.05) is 0 Å². The van der Waals surface area contributed by atoms with Gasteiger partial charge in [0.2, 0.25) is 0 Å². The molecule has 2 rings (SSSR count). The molecule has 2 aromatic heterocycles. The van der Waals surface area contributed by atoms with E-state index < -0.39 is 0 Å². The number of hydrogen-bond acceptors (Lipinski definition) is 1. The molecule has 0 bridgehead atoms. The van der Waals surface area contributed by atoms with Crippen molar-refractivity contribution in [3.8, 4) is 0 Å². The van der Waals surface area contributed by atoms with Crippen molar-refractivity contribution < 1.29 is 0 Å². The van der Waals surface area contributed by atoms with Crippen molar-refractivity contribution >= 4 is 21.6 Å². The Balaban J connectivity index is 2.72. The van der Waals surface area contributed by atoms with Crippen LogP contribution in [0.2, 0.25) is 0 Å². The fourth-order valence-corrected chi connectivity index (χ4v) is 2.88. The van der Waals surface area contributed by atoms with Gasteiger partial charge in [0, 0.05) is 11.6 Å². The molecule has 0 saturated carbocycles. The zero-order chi connectivity index (χ0) is 12.6. The summed E-state index contributed by atoms with van der Waals surface area (Å²) in [6, 6.07) is 4.23. The molecule has 0 aliphatic rings. The van der Waals surface area contributed by atoms with Gasteiger partial charge in [0.15, 0.2) is 0 Å². The minimum Gasteiger partial charge on any atom is -0.294 e. The maximum Gasteiger partial charge on any atom is 0.141 e. The van der Waals surface area contributed by atoms with Gasteiger partial charge < -0.3 is 0 Å². The number of pyridine rings is 1. The minimum atomic E-state index is 0.107. The number of aryl methyl sites for hydroxylation is 1. The predicted molar refractivity (Wildman–Crippen MR) is 75.6 cm³/mol. The van der Waals surface area contributed by atoms with E-state index in [1.807, 2.05) is 0 Å². The quantitative estimate of drug-likeness (QED) is 0.823. The van der Waals surface area contributed by atoms with E-state index in [2.05, 4.69) is 66.4 Å². The third kappa shape index (κ3) is 2.01. The zero-order valence-electron chi connectivity index (χ0n) is 10.9. The minimum absolute atomic E-state index is 0.107. The molecule has 0 fully saturated rings. The van der Waals surface area contributed by atoms with Crippen LogP contribution < -0.4 is 0 Å². The maximum atomic E-state index is 4.84. The number of aromatic nitrogens is 2. The molecule has 2 nitrogen and oxygen atoms in total. The number of fused-ring (bicyclic) bond motifs is 1. The van der Waals surface area contributed by atoms with E-state index in [-0.39, 0.29) is 5.41 Å². The first-order chi connectivity index (χ1) is 8.01. The van der Waals surface area contributed by atoms with Crippen LogP contribution in [-0.4, -0.2) is 9.38 Å². The van der Waals surface area contributed by atoms with Crippen LogP contribution in [0.15, 0.2) is 22.9 Å². The summed E-state index contributed by atoms with van der Waals surface area (Å²) in [6.45, 7) is 8.86. The Kier molecular flexibility index (Phi) is 3.30. The maximum absolute atomic E-state index is 4.84. The van der Waals surface area contributed by atoms with E-state index >= 15 is 0 Å². The monoisotopic (exact) mass is 294 g/mol. The van der Waals surface area contributed by atoms with Crippen LogP contribution in [0, 0.1) is 0 Å². The zero-order valence-corrected chi connectivity index (χ0v) is 12.5. The molecule has 0 aliphatic heterocycles. The van der Waals surface area contributed by atoms with Gasteiger partial charge in [-0.2, -0.15) is 0 Å². The average molecular weight is 295 g/mol. The van der Waals surface area contributed by atoms with Crippen molar-refractivity contribution in [2.45, 2.75) is 46.0 Å². The van der Waals surface area contributed by atoms with Crippen molar-refractivity contribution in [2.24, 2.45) is 0 Å². The summed E-state index contributed by atoms with van der Waals surface area (Å²) in [4.78, 5) is 4.84. The normalized spacial score (nSPS) is 12.3. The fourth-order valence-electron chi connectivity index (χ4n) is 1.97. The van der Waals surface area contributed by atoms with Crippen molar-refractivity contribution in [1.29, 1.82) is 0 Å². The van der Waals surface area contributed by atoms with E-state index in [1.54, 1.807) is 0 Å². The highest BCUT2D eigenvalue weighted by atomic mass is 79.9. The molecule has 92 valence electrons. The van der Waals surface area contributed by atoms with Crippen LogP contribution >= 0.6 is 15.9 Å². The summed E-state index contributed by atoms with van der Waals surface area (Å²) in [5, 5.41) is 0. The van der Waals surface area contributed by atoms with Crippen molar-refractivity contribution in [3.05, 3.63) is 34.2 Å². The van der Waals surface area contributed by atoms with Gasteiger partial charge >= 0.3 is 0 Å². The van der Waals surface area contributed by atoms with Gasteiger partial charge in [0.25, 0.3) is 0 Å². The number of nitrogens with zero attached hydrogens (tertiary/aromatic N) is 2. The lowest BCUT2D eigenvalue weighted by Crippen LogP contribution is -2.16. The number of imidazole rings is 1. The first kappa shape index (κ1) is 12.6. The molecule has 3 heteroatoms. The molecule has 0 aromatic carbocycles. The van der Waals surface area contributed by atoms with Crippen LogP contribution in [0.3, 0.4) is 0 Å². The highest BCUT2D eigenvalue weighted by Crippen LogP contribution is 2.33. The van der Waals surface area contributed by atoms with Crippen LogP contribution in [0.5, 0.6) is 0 Å². The molecule has 0 amide bonds. The standard InChI is InChI=1S/C14H19BrN2/c1-5-10-8-7-9-17-12(15)11(16-13(10)17)14(3,4)6-2/h7-9H,5-6H2,1-4H3. The van der Waals surface area contributed by atoms with Crippen LogP contribution in [0.1, 0.15) is 45.4 Å². The number of rotatable bonds is 3. The largest absolute Gasteiger partial charge is 0.294 e. The van der Waals surface area contributed by atoms with Gasteiger partial charge in [-0.3, -0.25) is 4.40 Å².